The van der Waals surface area contributed by atoms with E-state index < -0.39 is 0 Å². The van der Waals surface area contributed by atoms with Crippen molar-refractivity contribution in [1.82, 2.24) is 5.32 Å². The van der Waals surface area contributed by atoms with Gasteiger partial charge >= 0.3 is 0 Å². The van der Waals surface area contributed by atoms with Gasteiger partial charge in [-0.05, 0) is 68.7 Å². The Balaban J connectivity index is 1.91. The Bertz CT molecular complexity index is 375. The monoisotopic (exact) mass is 247 g/mol. The molecule has 0 fully saturated rings. The summed E-state index contributed by atoms with van der Waals surface area (Å²) < 4.78 is 0. The highest BCUT2D eigenvalue weighted by Crippen LogP contribution is 2.24. The number of hydrogen-bond acceptors (Lipinski definition) is 2. The molecule has 2 N–H and O–H groups in total. The quantitative estimate of drug-likeness (QED) is 0.757. The Morgan fingerprint density at radius 3 is 2.72 bits per heavy atom. The van der Waals surface area contributed by atoms with Gasteiger partial charge in [0.15, 0.2) is 0 Å². The molecule has 1 atom stereocenters. The molecular formula is C16H25NO. The third-order valence-corrected chi connectivity index (χ3v) is 3.91. The van der Waals surface area contributed by atoms with Crippen LogP contribution in [0.2, 0.25) is 0 Å². The maximum atomic E-state index is 8.75. The Morgan fingerprint density at radius 2 is 1.94 bits per heavy atom. The first-order chi connectivity index (χ1) is 8.81. The van der Waals surface area contributed by atoms with Gasteiger partial charge in [0.25, 0.3) is 0 Å². The van der Waals surface area contributed by atoms with Gasteiger partial charge in [-0.15, -0.1) is 0 Å². The minimum atomic E-state index is 0.301. The van der Waals surface area contributed by atoms with E-state index in [1.54, 1.807) is 11.1 Å². The van der Waals surface area contributed by atoms with Crippen LogP contribution < -0.4 is 5.32 Å². The number of benzene rings is 1. The van der Waals surface area contributed by atoms with Crippen LogP contribution in [0.25, 0.3) is 0 Å². The summed E-state index contributed by atoms with van der Waals surface area (Å²) >= 11 is 0. The third-order valence-electron chi connectivity index (χ3n) is 3.91. The molecule has 18 heavy (non-hydrogen) atoms. The fraction of sp³-hybridized carbons (Fsp3) is 0.625. The highest BCUT2D eigenvalue weighted by molar-refractivity contribution is 5.35. The van der Waals surface area contributed by atoms with Gasteiger partial charge in [0.05, 0.1) is 0 Å². The summed E-state index contributed by atoms with van der Waals surface area (Å²) in [6.45, 7) is 3.51. The molecule has 0 spiro atoms. The molecule has 1 unspecified atom stereocenters. The second-order valence-electron chi connectivity index (χ2n) is 5.34. The van der Waals surface area contributed by atoms with E-state index in [2.05, 4.69) is 30.4 Å². The lowest BCUT2D eigenvalue weighted by molar-refractivity contribution is 0.283. The lowest BCUT2D eigenvalue weighted by Gasteiger charge is -2.20. The largest absolute Gasteiger partial charge is 0.396 e. The van der Waals surface area contributed by atoms with Crippen molar-refractivity contribution in [3.63, 3.8) is 0 Å². The van der Waals surface area contributed by atoms with Crippen LogP contribution >= 0.6 is 0 Å². The van der Waals surface area contributed by atoms with Crippen molar-refractivity contribution >= 4 is 0 Å². The molecule has 1 aliphatic rings. The Morgan fingerprint density at radius 1 is 1.17 bits per heavy atom. The molecule has 2 rings (SSSR count). The molecule has 100 valence electrons. The van der Waals surface area contributed by atoms with E-state index >= 15 is 0 Å². The van der Waals surface area contributed by atoms with Crippen molar-refractivity contribution < 1.29 is 5.11 Å². The first kappa shape index (κ1) is 13.6. The van der Waals surface area contributed by atoms with Gasteiger partial charge < -0.3 is 10.4 Å². The van der Waals surface area contributed by atoms with E-state index in [4.69, 9.17) is 5.11 Å². The summed E-state index contributed by atoms with van der Waals surface area (Å²) in [5.74, 6) is 0. The van der Waals surface area contributed by atoms with Gasteiger partial charge in [0.2, 0.25) is 0 Å². The van der Waals surface area contributed by atoms with Gasteiger partial charge in [0, 0.05) is 12.6 Å². The van der Waals surface area contributed by atoms with E-state index in [9.17, 15) is 0 Å². The molecule has 0 amide bonds. The molecule has 0 heterocycles. The number of hydrogen-bond donors (Lipinski definition) is 2. The summed E-state index contributed by atoms with van der Waals surface area (Å²) in [6, 6.07) is 7.39. The number of fused-ring (bicyclic) bond motifs is 1. The number of unbranched alkanes of at least 4 members (excludes halogenated alkanes) is 1. The van der Waals surface area contributed by atoms with Crippen LogP contribution in [0, 0.1) is 0 Å². The van der Waals surface area contributed by atoms with E-state index in [0.29, 0.717) is 12.6 Å². The smallest absolute Gasteiger partial charge is 0.0431 e. The molecule has 0 bridgehead atoms. The normalized spacial score (nSPS) is 16.3. The number of aliphatic hydroxyl groups excluding tert-OH is 1. The predicted octanol–water partition coefficient (Wildman–Crippen LogP) is 2.99. The fourth-order valence-corrected chi connectivity index (χ4v) is 2.70. The van der Waals surface area contributed by atoms with Gasteiger partial charge in [0.1, 0.15) is 0 Å². The molecule has 2 nitrogen and oxygen atoms in total. The first-order valence-corrected chi connectivity index (χ1v) is 7.27. The number of aryl methyl sites for hydroxylation is 2. The van der Waals surface area contributed by atoms with Crippen LogP contribution in [0.3, 0.4) is 0 Å². The second kappa shape index (κ2) is 6.91. The van der Waals surface area contributed by atoms with Crippen LogP contribution in [0.15, 0.2) is 18.2 Å². The van der Waals surface area contributed by atoms with Crippen LogP contribution in [0.4, 0.5) is 0 Å². The predicted molar refractivity (Wildman–Crippen MR) is 75.8 cm³/mol. The molecule has 1 aromatic carbocycles. The van der Waals surface area contributed by atoms with Gasteiger partial charge in [-0.3, -0.25) is 0 Å². The van der Waals surface area contributed by atoms with Gasteiger partial charge in [-0.25, -0.2) is 0 Å². The Kier molecular flexibility index (Phi) is 5.21. The maximum absolute atomic E-state index is 8.75. The van der Waals surface area contributed by atoms with Crippen LogP contribution in [-0.4, -0.2) is 18.3 Å². The van der Waals surface area contributed by atoms with E-state index in [1.807, 2.05) is 0 Å². The van der Waals surface area contributed by atoms with Crippen molar-refractivity contribution in [2.75, 3.05) is 13.2 Å². The number of nitrogens with one attached hydrogen (secondary N) is 1. The van der Waals surface area contributed by atoms with Gasteiger partial charge in [-0.2, -0.15) is 0 Å². The summed E-state index contributed by atoms with van der Waals surface area (Å²) in [7, 11) is 0. The Hall–Kier alpha value is -0.860. The van der Waals surface area contributed by atoms with Crippen molar-refractivity contribution in [2.24, 2.45) is 0 Å². The Labute approximate surface area is 110 Å². The average molecular weight is 247 g/mol. The molecule has 0 saturated heterocycles. The van der Waals surface area contributed by atoms with Crippen molar-refractivity contribution in [1.29, 1.82) is 0 Å². The zero-order valence-electron chi connectivity index (χ0n) is 11.4. The first-order valence-electron chi connectivity index (χ1n) is 7.27. The minimum Gasteiger partial charge on any atom is -0.396 e. The van der Waals surface area contributed by atoms with Crippen LogP contribution in [-0.2, 0) is 12.8 Å². The maximum Gasteiger partial charge on any atom is 0.0431 e. The summed E-state index contributed by atoms with van der Waals surface area (Å²) in [5.41, 5.74) is 4.51. The highest BCUT2D eigenvalue weighted by Gasteiger charge is 2.11. The average Bonchev–Trinajstić information content (AvgIpc) is 2.43. The molecule has 1 aromatic rings. The molecule has 2 heteroatoms. The molecule has 0 saturated carbocycles. The van der Waals surface area contributed by atoms with Crippen molar-refractivity contribution in [3.8, 4) is 0 Å². The topological polar surface area (TPSA) is 32.3 Å². The molecule has 1 aliphatic carbocycles. The summed E-state index contributed by atoms with van der Waals surface area (Å²) in [4.78, 5) is 0. The standard InChI is InChI=1S/C16H25NO/c1-13(17-10-4-5-11-18)15-9-8-14-6-2-3-7-16(14)12-15/h8-9,12-13,17-18H,2-7,10-11H2,1H3. The molecule has 0 radical (unpaired) electrons. The van der Waals surface area contributed by atoms with Crippen molar-refractivity contribution in [3.05, 3.63) is 34.9 Å². The van der Waals surface area contributed by atoms with E-state index in [1.165, 1.54) is 31.2 Å². The summed E-state index contributed by atoms with van der Waals surface area (Å²) in [5, 5.41) is 12.3. The third kappa shape index (κ3) is 3.56. The summed E-state index contributed by atoms with van der Waals surface area (Å²) in [6.07, 6.45) is 7.14. The van der Waals surface area contributed by atoms with Crippen LogP contribution in [0.1, 0.15) is 55.3 Å². The number of aliphatic hydroxyl groups is 1. The lowest BCUT2D eigenvalue weighted by atomic mass is 9.89. The SMILES string of the molecule is CC(NCCCCO)c1ccc2c(c1)CCCC2. The highest BCUT2D eigenvalue weighted by atomic mass is 16.2. The van der Waals surface area contributed by atoms with Gasteiger partial charge in [-0.1, -0.05) is 18.2 Å². The van der Waals surface area contributed by atoms with E-state index in [-0.39, 0.29) is 0 Å². The fourth-order valence-electron chi connectivity index (χ4n) is 2.70. The zero-order chi connectivity index (χ0) is 12.8. The van der Waals surface area contributed by atoms with E-state index in [0.717, 1.165) is 19.4 Å². The second-order valence-corrected chi connectivity index (χ2v) is 5.34. The number of rotatable bonds is 6. The van der Waals surface area contributed by atoms with Crippen LogP contribution in [0.5, 0.6) is 0 Å². The lowest BCUT2D eigenvalue weighted by Crippen LogP contribution is -2.20. The molecule has 0 aliphatic heterocycles. The zero-order valence-corrected chi connectivity index (χ0v) is 11.4. The molecular weight excluding hydrogens is 222 g/mol. The van der Waals surface area contributed by atoms with Crippen molar-refractivity contribution in [2.45, 2.75) is 51.5 Å². The minimum absolute atomic E-state index is 0.301. The molecule has 0 aromatic heterocycles.